The highest BCUT2D eigenvalue weighted by atomic mass is 16.5. The smallest absolute Gasteiger partial charge is 0.261 e. The van der Waals surface area contributed by atoms with Gasteiger partial charge in [0, 0.05) is 31.5 Å². The van der Waals surface area contributed by atoms with E-state index in [1.807, 2.05) is 6.07 Å². The summed E-state index contributed by atoms with van der Waals surface area (Å²) in [6.07, 6.45) is 7.16. The van der Waals surface area contributed by atoms with Crippen LogP contribution in [-0.2, 0) is 6.54 Å². The summed E-state index contributed by atoms with van der Waals surface area (Å²) in [6, 6.07) is 5.32. The van der Waals surface area contributed by atoms with Crippen molar-refractivity contribution in [3.05, 3.63) is 53.5 Å². The quantitative estimate of drug-likeness (QED) is 0.737. The van der Waals surface area contributed by atoms with Gasteiger partial charge < -0.3 is 15.0 Å². The van der Waals surface area contributed by atoms with Crippen LogP contribution in [0.5, 0.6) is 5.75 Å². The number of hydrogen-bond acceptors (Lipinski definition) is 5. The van der Waals surface area contributed by atoms with Gasteiger partial charge in [-0.05, 0) is 42.5 Å². The zero-order valence-electron chi connectivity index (χ0n) is 15.4. The summed E-state index contributed by atoms with van der Waals surface area (Å²) in [7, 11) is 1.76. The molecule has 3 heterocycles. The van der Waals surface area contributed by atoms with Crippen LogP contribution in [0, 0.1) is 5.92 Å². The summed E-state index contributed by atoms with van der Waals surface area (Å²) in [5.74, 6) is 0.727. The fourth-order valence-corrected chi connectivity index (χ4v) is 3.37. The number of carbonyl (C=O) groups is 2. The normalized spacial score (nSPS) is 15.8. The number of amides is 2. The van der Waals surface area contributed by atoms with Crippen LogP contribution in [0.4, 0.5) is 5.69 Å². The van der Waals surface area contributed by atoms with Crippen molar-refractivity contribution in [3.63, 3.8) is 0 Å². The molecule has 8 heteroatoms. The molecule has 2 aromatic heterocycles. The SMILES string of the molecule is CN1Cc2cc(NC(=O)c3cnn4cccnc34)c(OCC3CC3)cc2C1=O. The Morgan fingerprint density at radius 2 is 2.21 bits per heavy atom. The van der Waals surface area contributed by atoms with Crippen molar-refractivity contribution in [1.82, 2.24) is 19.5 Å². The van der Waals surface area contributed by atoms with Crippen LogP contribution in [0.25, 0.3) is 5.65 Å². The monoisotopic (exact) mass is 377 g/mol. The molecule has 3 aromatic rings. The Kier molecular flexibility index (Phi) is 3.78. The van der Waals surface area contributed by atoms with Gasteiger partial charge in [0.05, 0.1) is 18.5 Å². The van der Waals surface area contributed by atoms with Crippen molar-refractivity contribution < 1.29 is 14.3 Å². The number of fused-ring (bicyclic) bond motifs is 2. The third-order valence-corrected chi connectivity index (χ3v) is 5.13. The summed E-state index contributed by atoms with van der Waals surface area (Å²) in [6.45, 7) is 1.10. The molecule has 1 fully saturated rings. The Hall–Kier alpha value is -3.42. The number of anilines is 1. The van der Waals surface area contributed by atoms with Crippen molar-refractivity contribution in [2.24, 2.45) is 5.92 Å². The predicted molar refractivity (Wildman–Crippen MR) is 101 cm³/mol. The zero-order chi connectivity index (χ0) is 19.3. The van der Waals surface area contributed by atoms with Gasteiger partial charge in [-0.25, -0.2) is 9.50 Å². The van der Waals surface area contributed by atoms with Crippen LogP contribution in [0.2, 0.25) is 0 Å². The van der Waals surface area contributed by atoms with Gasteiger partial charge in [0.1, 0.15) is 11.3 Å². The second-order valence-electron chi connectivity index (χ2n) is 7.32. The number of rotatable bonds is 5. The van der Waals surface area contributed by atoms with Crippen LogP contribution < -0.4 is 10.1 Å². The average Bonchev–Trinajstić information content (AvgIpc) is 3.36. The minimum Gasteiger partial charge on any atom is -0.491 e. The first kappa shape index (κ1) is 16.7. The number of aromatic nitrogens is 3. The van der Waals surface area contributed by atoms with E-state index < -0.39 is 0 Å². The van der Waals surface area contributed by atoms with Gasteiger partial charge in [0.2, 0.25) is 0 Å². The van der Waals surface area contributed by atoms with Gasteiger partial charge in [-0.15, -0.1) is 0 Å². The van der Waals surface area contributed by atoms with Gasteiger partial charge in [-0.3, -0.25) is 9.59 Å². The van der Waals surface area contributed by atoms with Crippen LogP contribution in [0.15, 0.2) is 36.8 Å². The van der Waals surface area contributed by atoms with Gasteiger partial charge in [-0.1, -0.05) is 0 Å². The molecule has 0 atom stereocenters. The highest BCUT2D eigenvalue weighted by molar-refractivity contribution is 6.09. The molecule has 8 nitrogen and oxygen atoms in total. The lowest BCUT2D eigenvalue weighted by Crippen LogP contribution is -2.17. The van der Waals surface area contributed by atoms with Crippen LogP contribution in [0.1, 0.15) is 39.1 Å². The summed E-state index contributed by atoms with van der Waals surface area (Å²) >= 11 is 0. The molecule has 0 saturated heterocycles. The van der Waals surface area contributed by atoms with E-state index in [-0.39, 0.29) is 11.8 Å². The molecule has 1 aliphatic carbocycles. The summed E-state index contributed by atoms with van der Waals surface area (Å²) in [4.78, 5) is 31.1. The molecule has 0 bridgehead atoms. The van der Waals surface area contributed by atoms with Crippen molar-refractivity contribution in [3.8, 4) is 5.75 Å². The lowest BCUT2D eigenvalue weighted by Gasteiger charge is -2.14. The van der Waals surface area contributed by atoms with E-state index in [1.165, 1.54) is 6.20 Å². The van der Waals surface area contributed by atoms with E-state index in [0.717, 1.165) is 18.4 Å². The highest BCUT2D eigenvalue weighted by Gasteiger charge is 2.28. The maximum atomic E-state index is 12.9. The number of nitrogens with one attached hydrogen (secondary N) is 1. The van der Waals surface area contributed by atoms with Gasteiger partial charge in [0.25, 0.3) is 11.8 Å². The molecule has 1 aromatic carbocycles. The number of hydrogen-bond donors (Lipinski definition) is 1. The Balaban J connectivity index is 1.48. The van der Waals surface area contributed by atoms with Gasteiger partial charge in [-0.2, -0.15) is 5.10 Å². The first-order valence-electron chi connectivity index (χ1n) is 9.25. The van der Waals surface area contributed by atoms with Gasteiger partial charge >= 0.3 is 0 Å². The minimum atomic E-state index is -0.317. The van der Waals surface area contributed by atoms with Crippen molar-refractivity contribution >= 4 is 23.1 Å². The Bertz CT molecular complexity index is 1100. The molecule has 0 unspecified atom stereocenters. The van der Waals surface area contributed by atoms with E-state index in [2.05, 4.69) is 15.4 Å². The maximum absolute atomic E-state index is 12.9. The van der Waals surface area contributed by atoms with E-state index in [9.17, 15) is 9.59 Å². The van der Waals surface area contributed by atoms with E-state index >= 15 is 0 Å². The number of carbonyl (C=O) groups excluding carboxylic acids is 2. The fraction of sp³-hybridized carbons (Fsp3) is 0.300. The molecule has 0 spiro atoms. The molecule has 1 N–H and O–H groups in total. The third kappa shape index (κ3) is 2.87. The lowest BCUT2D eigenvalue weighted by atomic mass is 10.1. The number of ether oxygens (including phenoxy) is 1. The highest BCUT2D eigenvalue weighted by Crippen LogP contribution is 2.36. The van der Waals surface area contributed by atoms with Gasteiger partial charge in [0.15, 0.2) is 5.65 Å². The first-order valence-corrected chi connectivity index (χ1v) is 9.25. The molecule has 2 amide bonds. The molecular weight excluding hydrogens is 358 g/mol. The molecule has 5 rings (SSSR count). The third-order valence-electron chi connectivity index (χ3n) is 5.13. The second kappa shape index (κ2) is 6.33. The molecular formula is C20H19N5O3. The van der Waals surface area contributed by atoms with Crippen LogP contribution >= 0.6 is 0 Å². The predicted octanol–water partition coefficient (Wildman–Crippen LogP) is 2.36. The summed E-state index contributed by atoms with van der Waals surface area (Å²) in [5, 5.41) is 7.08. The average molecular weight is 377 g/mol. The van der Waals surface area contributed by atoms with Crippen molar-refractivity contribution in [2.45, 2.75) is 19.4 Å². The number of benzene rings is 1. The molecule has 28 heavy (non-hydrogen) atoms. The minimum absolute atomic E-state index is 0.0315. The molecule has 142 valence electrons. The van der Waals surface area contributed by atoms with Crippen molar-refractivity contribution in [1.29, 1.82) is 0 Å². The van der Waals surface area contributed by atoms with Crippen LogP contribution in [0.3, 0.4) is 0 Å². The fourth-order valence-electron chi connectivity index (χ4n) is 3.37. The second-order valence-corrected chi connectivity index (χ2v) is 7.32. The van der Waals surface area contributed by atoms with E-state index in [4.69, 9.17) is 4.74 Å². The molecule has 2 aliphatic rings. The van der Waals surface area contributed by atoms with Crippen LogP contribution in [-0.4, -0.2) is 45.0 Å². The topological polar surface area (TPSA) is 88.8 Å². The van der Waals surface area contributed by atoms with Crippen molar-refractivity contribution in [2.75, 3.05) is 19.0 Å². The largest absolute Gasteiger partial charge is 0.491 e. The maximum Gasteiger partial charge on any atom is 0.261 e. The van der Waals surface area contributed by atoms with E-state index in [0.29, 0.717) is 47.3 Å². The van der Waals surface area contributed by atoms with E-state index in [1.54, 1.807) is 41.0 Å². The Morgan fingerprint density at radius 3 is 3.04 bits per heavy atom. The number of nitrogens with zero attached hydrogens (tertiary/aromatic N) is 4. The standard InChI is InChI=1S/C20H19N5O3/c1-24-10-13-7-16(17(8-14(13)20(24)27)28-11-12-3-4-12)23-19(26)15-9-22-25-6-2-5-21-18(15)25/h2,5-9,12H,3-4,10-11H2,1H3,(H,23,26). The summed E-state index contributed by atoms with van der Waals surface area (Å²) in [5.41, 5.74) is 2.92. The zero-order valence-corrected chi connectivity index (χ0v) is 15.4. The lowest BCUT2D eigenvalue weighted by molar-refractivity contribution is 0.0816. The Morgan fingerprint density at radius 1 is 1.36 bits per heavy atom. The molecule has 0 radical (unpaired) electrons. The Labute approximate surface area is 161 Å². The molecule has 1 aliphatic heterocycles. The molecule has 1 saturated carbocycles. The first-order chi connectivity index (χ1) is 13.6. The summed E-state index contributed by atoms with van der Waals surface area (Å²) < 4.78 is 7.51.